The molecule has 1 aromatic heterocycles. The second kappa shape index (κ2) is 7.00. The SMILES string of the molecule is COc1ccc(-c2nc(C)cc(Nc3ccc(C(=O)O)cc3)n2)cc1. The van der Waals surface area contributed by atoms with Gasteiger partial charge in [0.2, 0.25) is 0 Å². The largest absolute Gasteiger partial charge is 0.497 e. The summed E-state index contributed by atoms with van der Waals surface area (Å²) in [7, 11) is 1.62. The fourth-order valence-corrected chi connectivity index (χ4v) is 2.35. The summed E-state index contributed by atoms with van der Waals surface area (Å²) < 4.78 is 5.16. The molecule has 6 nitrogen and oxygen atoms in total. The number of hydrogen-bond donors (Lipinski definition) is 2. The van der Waals surface area contributed by atoms with E-state index in [0.717, 1.165) is 22.7 Å². The van der Waals surface area contributed by atoms with Crippen molar-refractivity contribution in [1.29, 1.82) is 0 Å². The number of methoxy groups -OCH3 is 1. The van der Waals surface area contributed by atoms with Crippen LogP contribution in [0.3, 0.4) is 0 Å². The van der Waals surface area contributed by atoms with Crippen molar-refractivity contribution in [2.45, 2.75) is 6.92 Å². The van der Waals surface area contributed by atoms with Crippen molar-refractivity contribution in [2.24, 2.45) is 0 Å². The molecule has 0 spiro atoms. The number of carboxylic acids is 1. The van der Waals surface area contributed by atoms with Gasteiger partial charge in [-0.05, 0) is 55.5 Å². The normalized spacial score (nSPS) is 10.3. The summed E-state index contributed by atoms with van der Waals surface area (Å²) in [5.41, 5.74) is 2.70. The van der Waals surface area contributed by atoms with Gasteiger partial charge in [-0.1, -0.05) is 0 Å². The lowest BCUT2D eigenvalue weighted by Gasteiger charge is -2.09. The van der Waals surface area contributed by atoms with Gasteiger partial charge < -0.3 is 15.2 Å². The molecule has 0 amide bonds. The minimum atomic E-state index is -0.953. The van der Waals surface area contributed by atoms with Crippen LogP contribution >= 0.6 is 0 Å². The van der Waals surface area contributed by atoms with Crippen molar-refractivity contribution in [3.8, 4) is 17.1 Å². The number of hydrogen-bond acceptors (Lipinski definition) is 5. The minimum Gasteiger partial charge on any atom is -0.497 e. The van der Waals surface area contributed by atoms with Crippen molar-refractivity contribution in [1.82, 2.24) is 9.97 Å². The topological polar surface area (TPSA) is 84.3 Å². The molecule has 3 aromatic rings. The van der Waals surface area contributed by atoms with Crippen LogP contribution < -0.4 is 10.1 Å². The molecule has 0 bridgehead atoms. The molecule has 0 aliphatic carbocycles. The standard InChI is InChI=1S/C19H17N3O3/c1-12-11-17(21-15-7-3-14(4-8-15)19(23)24)22-18(20-12)13-5-9-16(25-2)10-6-13/h3-11H,1-2H3,(H,23,24)(H,20,21,22). The van der Waals surface area contributed by atoms with Crippen molar-refractivity contribution >= 4 is 17.5 Å². The first kappa shape index (κ1) is 16.4. The molecule has 0 aliphatic rings. The zero-order chi connectivity index (χ0) is 17.8. The van der Waals surface area contributed by atoms with Crippen LogP contribution in [0.5, 0.6) is 5.75 Å². The summed E-state index contributed by atoms with van der Waals surface area (Å²) >= 11 is 0. The van der Waals surface area contributed by atoms with Crippen molar-refractivity contribution in [3.05, 3.63) is 65.9 Å². The van der Waals surface area contributed by atoms with Gasteiger partial charge in [0.05, 0.1) is 12.7 Å². The summed E-state index contributed by atoms with van der Waals surface area (Å²) in [6.45, 7) is 1.90. The molecule has 0 radical (unpaired) electrons. The third kappa shape index (κ3) is 3.92. The lowest BCUT2D eigenvalue weighted by molar-refractivity contribution is 0.0697. The van der Waals surface area contributed by atoms with Gasteiger partial charge in [-0.25, -0.2) is 14.8 Å². The van der Waals surface area contributed by atoms with E-state index in [9.17, 15) is 4.79 Å². The Hall–Kier alpha value is -3.41. The monoisotopic (exact) mass is 335 g/mol. The zero-order valence-corrected chi connectivity index (χ0v) is 13.9. The van der Waals surface area contributed by atoms with Crippen molar-refractivity contribution in [2.75, 3.05) is 12.4 Å². The number of ether oxygens (including phenoxy) is 1. The fourth-order valence-electron chi connectivity index (χ4n) is 2.35. The third-order valence-electron chi connectivity index (χ3n) is 3.61. The number of aryl methyl sites for hydroxylation is 1. The van der Waals surface area contributed by atoms with Gasteiger partial charge in [-0.15, -0.1) is 0 Å². The summed E-state index contributed by atoms with van der Waals surface area (Å²) in [5, 5.41) is 12.1. The molecular weight excluding hydrogens is 318 g/mol. The van der Waals surface area contributed by atoms with Crippen LogP contribution in [0.2, 0.25) is 0 Å². The Morgan fingerprint density at radius 1 is 1.04 bits per heavy atom. The maximum absolute atomic E-state index is 10.9. The quantitative estimate of drug-likeness (QED) is 0.735. The van der Waals surface area contributed by atoms with Crippen LogP contribution in [-0.2, 0) is 0 Å². The Morgan fingerprint density at radius 2 is 1.72 bits per heavy atom. The lowest BCUT2D eigenvalue weighted by Crippen LogP contribution is -2.00. The summed E-state index contributed by atoms with van der Waals surface area (Å²) in [6.07, 6.45) is 0. The number of carbonyl (C=O) groups is 1. The molecule has 1 heterocycles. The Labute approximate surface area is 145 Å². The van der Waals surface area contributed by atoms with Gasteiger partial charge in [0.25, 0.3) is 0 Å². The first-order chi connectivity index (χ1) is 12.0. The average molecular weight is 335 g/mol. The number of rotatable bonds is 5. The van der Waals surface area contributed by atoms with Crippen molar-refractivity contribution < 1.29 is 14.6 Å². The van der Waals surface area contributed by atoms with E-state index in [4.69, 9.17) is 9.84 Å². The highest BCUT2D eigenvalue weighted by molar-refractivity contribution is 5.88. The Balaban J connectivity index is 1.86. The average Bonchev–Trinajstić information content (AvgIpc) is 2.62. The second-order valence-corrected chi connectivity index (χ2v) is 5.45. The fraction of sp³-hybridized carbons (Fsp3) is 0.105. The number of carboxylic acid groups (broad SMARTS) is 1. The second-order valence-electron chi connectivity index (χ2n) is 5.45. The van der Waals surface area contributed by atoms with Crippen LogP contribution in [0, 0.1) is 6.92 Å². The molecule has 0 unspecified atom stereocenters. The highest BCUT2D eigenvalue weighted by Gasteiger charge is 2.07. The van der Waals surface area contributed by atoms with Crippen LogP contribution in [-0.4, -0.2) is 28.2 Å². The molecule has 126 valence electrons. The first-order valence-electron chi connectivity index (χ1n) is 7.65. The Morgan fingerprint density at radius 3 is 2.32 bits per heavy atom. The van der Waals surface area contributed by atoms with E-state index in [0.29, 0.717) is 11.6 Å². The van der Waals surface area contributed by atoms with Crippen LogP contribution in [0.25, 0.3) is 11.4 Å². The Bertz CT molecular complexity index is 891. The molecule has 6 heteroatoms. The van der Waals surface area contributed by atoms with E-state index in [2.05, 4.69) is 15.3 Å². The summed E-state index contributed by atoms with van der Waals surface area (Å²) in [6, 6.07) is 15.8. The summed E-state index contributed by atoms with van der Waals surface area (Å²) in [5.74, 6) is 1.06. The first-order valence-corrected chi connectivity index (χ1v) is 7.65. The zero-order valence-electron chi connectivity index (χ0n) is 13.9. The van der Waals surface area contributed by atoms with Gasteiger partial charge in [0.1, 0.15) is 11.6 Å². The lowest BCUT2D eigenvalue weighted by atomic mass is 10.2. The van der Waals surface area contributed by atoms with E-state index < -0.39 is 5.97 Å². The maximum Gasteiger partial charge on any atom is 0.335 e. The van der Waals surface area contributed by atoms with Gasteiger partial charge in [-0.3, -0.25) is 0 Å². The molecule has 2 N–H and O–H groups in total. The molecule has 2 aromatic carbocycles. The summed E-state index contributed by atoms with van der Waals surface area (Å²) in [4.78, 5) is 19.9. The minimum absolute atomic E-state index is 0.239. The number of nitrogens with one attached hydrogen (secondary N) is 1. The van der Waals surface area contributed by atoms with E-state index >= 15 is 0 Å². The van der Waals surface area contributed by atoms with E-state index in [1.54, 1.807) is 31.4 Å². The highest BCUT2D eigenvalue weighted by Crippen LogP contribution is 2.23. The molecule has 0 atom stereocenters. The molecule has 3 rings (SSSR count). The number of benzene rings is 2. The molecule has 0 saturated heterocycles. The number of aromatic nitrogens is 2. The molecule has 0 saturated carbocycles. The highest BCUT2D eigenvalue weighted by atomic mass is 16.5. The van der Waals surface area contributed by atoms with E-state index in [-0.39, 0.29) is 5.56 Å². The number of aromatic carboxylic acids is 1. The molecule has 0 aliphatic heterocycles. The third-order valence-corrected chi connectivity index (χ3v) is 3.61. The predicted octanol–water partition coefficient (Wildman–Crippen LogP) is 3.90. The molecule has 0 fully saturated rings. The van der Waals surface area contributed by atoms with Crippen LogP contribution in [0.15, 0.2) is 54.6 Å². The van der Waals surface area contributed by atoms with Crippen molar-refractivity contribution in [3.63, 3.8) is 0 Å². The molecular formula is C19H17N3O3. The van der Waals surface area contributed by atoms with Gasteiger partial charge in [0.15, 0.2) is 5.82 Å². The van der Waals surface area contributed by atoms with Gasteiger partial charge >= 0.3 is 5.97 Å². The molecule has 25 heavy (non-hydrogen) atoms. The van der Waals surface area contributed by atoms with Gasteiger partial charge in [-0.2, -0.15) is 0 Å². The smallest absolute Gasteiger partial charge is 0.335 e. The predicted molar refractivity (Wildman–Crippen MR) is 95.4 cm³/mol. The van der Waals surface area contributed by atoms with E-state index in [1.807, 2.05) is 37.3 Å². The van der Waals surface area contributed by atoms with Crippen LogP contribution in [0.1, 0.15) is 16.1 Å². The number of anilines is 2. The number of nitrogens with zero attached hydrogens (tertiary/aromatic N) is 2. The maximum atomic E-state index is 10.9. The van der Waals surface area contributed by atoms with Crippen LogP contribution in [0.4, 0.5) is 11.5 Å². The van der Waals surface area contributed by atoms with Gasteiger partial charge in [0, 0.05) is 23.0 Å². The Kier molecular flexibility index (Phi) is 4.61. The van der Waals surface area contributed by atoms with E-state index in [1.165, 1.54) is 0 Å².